The summed E-state index contributed by atoms with van der Waals surface area (Å²) in [6.07, 6.45) is 12.6. The summed E-state index contributed by atoms with van der Waals surface area (Å²) in [5.74, 6) is 0. The fourth-order valence-corrected chi connectivity index (χ4v) is 2.44. The second-order valence-electron chi connectivity index (χ2n) is 5.33. The molecule has 0 aliphatic carbocycles. The Morgan fingerprint density at radius 2 is 1.90 bits per heavy atom. The van der Waals surface area contributed by atoms with Gasteiger partial charge in [-0.3, -0.25) is 0 Å². The Bertz CT molecular complexity index is 502. The van der Waals surface area contributed by atoms with Crippen LogP contribution in [0.25, 0.3) is 0 Å². The number of nitrogens with zero attached hydrogens (tertiary/aromatic N) is 2. The zero-order chi connectivity index (χ0) is 14.2. The van der Waals surface area contributed by atoms with E-state index in [9.17, 15) is 0 Å². The Morgan fingerprint density at radius 1 is 1.10 bits per heavy atom. The van der Waals surface area contributed by atoms with Crippen LogP contribution in [0.4, 0.5) is 0 Å². The molecule has 0 spiro atoms. The van der Waals surface area contributed by atoms with Gasteiger partial charge in [0.1, 0.15) is 12.4 Å². The number of hydrogen-bond donors (Lipinski definition) is 0. The van der Waals surface area contributed by atoms with Gasteiger partial charge in [0.05, 0.1) is 13.1 Å². The third kappa shape index (κ3) is 5.01. The van der Waals surface area contributed by atoms with Gasteiger partial charge in [0.15, 0.2) is 0 Å². The van der Waals surface area contributed by atoms with E-state index in [2.05, 4.69) is 46.9 Å². The standard InChI is InChI=1S/C17H24ClN2/c1-2-3-11-19-13-14-20(15-19)12-5-4-6-16-7-9-17(18)10-8-16/h7-10,13-15H,2-6,11-12H2,1H3/q+1. The Morgan fingerprint density at radius 3 is 2.65 bits per heavy atom. The molecule has 0 radical (unpaired) electrons. The normalized spacial score (nSPS) is 10.9. The molecule has 0 atom stereocenters. The van der Waals surface area contributed by atoms with Gasteiger partial charge >= 0.3 is 0 Å². The van der Waals surface area contributed by atoms with Crippen LogP contribution in [0.3, 0.4) is 0 Å². The van der Waals surface area contributed by atoms with Crippen LogP contribution >= 0.6 is 11.6 Å². The topological polar surface area (TPSA) is 8.81 Å². The minimum absolute atomic E-state index is 0.817. The Hall–Kier alpha value is -1.28. The summed E-state index contributed by atoms with van der Waals surface area (Å²) >= 11 is 5.89. The maximum absolute atomic E-state index is 5.89. The van der Waals surface area contributed by atoms with Crippen LogP contribution in [0.15, 0.2) is 43.0 Å². The lowest BCUT2D eigenvalue weighted by atomic mass is 10.1. The largest absolute Gasteiger partial charge is 0.243 e. The maximum atomic E-state index is 5.89. The fraction of sp³-hybridized carbons (Fsp3) is 0.471. The van der Waals surface area contributed by atoms with E-state index in [1.807, 2.05) is 12.1 Å². The van der Waals surface area contributed by atoms with Crippen molar-refractivity contribution in [3.63, 3.8) is 0 Å². The smallest absolute Gasteiger partial charge is 0.237 e. The summed E-state index contributed by atoms with van der Waals surface area (Å²) in [7, 11) is 0. The third-order valence-electron chi connectivity index (χ3n) is 3.56. The molecule has 0 aliphatic heterocycles. The fourth-order valence-electron chi connectivity index (χ4n) is 2.32. The van der Waals surface area contributed by atoms with E-state index >= 15 is 0 Å². The number of unbranched alkanes of at least 4 members (excludes halogenated alkanes) is 2. The molecule has 0 N–H and O–H groups in total. The Labute approximate surface area is 127 Å². The van der Waals surface area contributed by atoms with E-state index in [0.29, 0.717) is 0 Å². The molecule has 0 fully saturated rings. The molecular formula is C17H24ClN2+. The van der Waals surface area contributed by atoms with Crippen LogP contribution in [0, 0.1) is 0 Å². The highest BCUT2D eigenvalue weighted by Gasteiger charge is 2.03. The average Bonchev–Trinajstić information content (AvgIpc) is 2.91. The van der Waals surface area contributed by atoms with E-state index < -0.39 is 0 Å². The SMILES string of the molecule is CCCCn1cc[n+](CCCCc2ccc(Cl)cc2)c1. The van der Waals surface area contributed by atoms with Crippen LogP contribution in [0.2, 0.25) is 5.02 Å². The Balaban J connectivity index is 1.67. The molecule has 0 saturated heterocycles. The predicted molar refractivity (Wildman–Crippen MR) is 83.9 cm³/mol. The number of rotatable bonds is 8. The van der Waals surface area contributed by atoms with Crippen LogP contribution in [-0.2, 0) is 19.5 Å². The Kier molecular flexibility index (Phi) is 6.13. The number of aromatic nitrogens is 2. The lowest BCUT2D eigenvalue weighted by Crippen LogP contribution is -2.30. The second kappa shape index (κ2) is 8.11. The van der Waals surface area contributed by atoms with Gasteiger partial charge in [-0.1, -0.05) is 37.1 Å². The molecule has 3 heteroatoms. The maximum Gasteiger partial charge on any atom is 0.243 e. The molecule has 20 heavy (non-hydrogen) atoms. The molecule has 1 heterocycles. The number of imidazole rings is 1. The molecule has 0 aliphatic rings. The minimum Gasteiger partial charge on any atom is -0.237 e. The van der Waals surface area contributed by atoms with Gasteiger partial charge in [-0.05, 0) is 43.4 Å². The van der Waals surface area contributed by atoms with Crippen molar-refractivity contribution in [2.75, 3.05) is 0 Å². The lowest BCUT2D eigenvalue weighted by Gasteiger charge is -2.01. The summed E-state index contributed by atoms with van der Waals surface area (Å²) in [6, 6.07) is 8.19. The number of halogens is 1. The molecule has 2 nitrogen and oxygen atoms in total. The number of benzene rings is 1. The minimum atomic E-state index is 0.817. The number of hydrogen-bond acceptors (Lipinski definition) is 0. The van der Waals surface area contributed by atoms with Crippen LogP contribution in [0.1, 0.15) is 38.2 Å². The summed E-state index contributed by atoms with van der Waals surface area (Å²) < 4.78 is 4.57. The summed E-state index contributed by atoms with van der Waals surface area (Å²) in [4.78, 5) is 0. The first kappa shape index (κ1) is 15.1. The van der Waals surface area contributed by atoms with Crippen molar-refractivity contribution in [2.24, 2.45) is 0 Å². The molecule has 0 unspecified atom stereocenters. The predicted octanol–water partition coefficient (Wildman–Crippen LogP) is 4.25. The highest BCUT2D eigenvalue weighted by molar-refractivity contribution is 6.30. The summed E-state index contributed by atoms with van der Waals surface area (Å²) in [5.41, 5.74) is 1.37. The van der Waals surface area contributed by atoms with Crippen LogP contribution in [0.5, 0.6) is 0 Å². The van der Waals surface area contributed by atoms with E-state index in [1.165, 1.54) is 31.2 Å². The van der Waals surface area contributed by atoms with Crippen molar-refractivity contribution in [1.29, 1.82) is 0 Å². The van der Waals surface area contributed by atoms with Crippen molar-refractivity contribution in [3.05, 3.63) is 53.6 Å². The molecule has 1 aromatic heterocycles. The van der Waals surface area contributed by atoms with Crippen molar-refractivity contribution < 1.29 is 4.57 Å². The first-order chi connectivity index (χ1) is 9.78. The number of aryl methyl sites for hydroxylation is 3. The first-order valence-electron chi connectivity index (χ1n) is 7.57. The third-order valence-corrected chi connectivity index (χ3v) is 3.81. The van der Waals surface area contributed by atoms with Crippen molar-refractivity contribution in [3.8, 4) is 0 Å². The molecule has 0 saturated carbocycles. The van der Waals surface area contributed by atoms with Crippen LogP contribution < -0.4 is 4.57 Å². The van der Waals surface area contributed by atoms with Crippen molar-refractivity contribution >= 4 is 11.6 Å². The zero-order valence-corrected chi connectivity index (χ0v) is 13.0. The van der Waals surface area contributed by atoms with Gasteiger partial charge in [-0.2, -0.15) is 0 Å². The van der Waals surface area contributed by atoms with Gasteiger partial charge in [0.25, 0.3) is 0 Å². The highest BCUT2D eigenvalue weighted by atomic mass is 35.5. The van der Waals surface area contributed by atoms with E-state index in [0.717, 1.165) is 24.5 Å². The van der Waals surface area contributed by atoms with E-state index in [1.54, 1.807) is 0 Å². The molecule has 0 amide bonds. The quantitative estimate of drug-likeness (QED) is 0.508. The summed E-state index contributed by atoms with van der Waals surface area (Å²) in [5, 5.41) is 0.817. The molecule has 2 rings (SSSR count). The van der Waals surface area contributed by atoms with Gasteiger partial charge < -0.3 is 0 Å². The molecular weight excluding hydrogens is 268 g/mol. The second-order valence-corrected chi connectivity index (χ2v) is 5.76. The molecule has 0 bridgehead atoms. The monoisotopic (exact) mass is 291 g/mol. The lowest BCUT2D eigenvalue weighted by molar-refractivity contribution is -0.696. The van der Waals surface area contributed by atoms with Gasteiger partial charge in [0, 0.05) is 5.02 Å². The van der Waals surface area contributed by atoms with Crippen molar-refractivity contribution in [1.82, 2.24) is 4.57 Å². The summed E-state index contributed by atoms with van der Waals surface area (Å²) in [6.45, 7) is 4.47. The van der Waals surface area contributed by atoms with Gasteiger partial charge in [-0.15, -0.1) is 0 Å². The first-order valence-corrected chi connectivity index (χ1v) is 7.95. The van der Waals surface area contributed by atoms with E-state index in [-0.39, 0.29) is 0 Å². The van der Waals surface area contributed by atoms with E-state index in [4.69, 9.17) is 11.6 Å². The molecule has 1 aromatic carbocycles. The van der Waals surface area contributed by atoms with Crippen LogP contribution in [-0.4, -0.2) is 4.57 Å². The van der Waals surface area contributed by atoms with Crippen molar-refractivity contribution in [2.45, 2.75) is 52.1 Å². The van der Waals surface area contributed by atoms with Gasteiger partial charge in [0.2, 0.25) is 6.33 Å². The zero-order valence-electron chi connectivity index (χ0n) is 12.3. The average molecular weight is 292 g/mol. The van der Waals surface area contributed by atoms with Gasteiger partial charge in [-0.25, -0.2) is 9.13 Å². The molecule has 108 valence electrons. The highest BCUT2D eigenvalue weighted by Crippen LogP contribution is 2.11. The molecule has 2 aromatic rings.